The lowest BCUT2D eigenvalue weighted by molar-refractivity contribution is 0.0779. The smallest absolute Gasteiger partial charge is 0.109 e. The minimum absolute atomic E-state index is 0.463. The van der Waals surface area contributed by atoms with Crippen LogP contribution in [0.4, 0.5) is 0 Å². The minimum atomic E-state index is 0.463. The second-order valence-corrected chi connectivity index (χ2v) is 13.2. The van der Waals surface area contributed by atoms with Crippen molar-refractivity contribution in [3.8, 4) is 0 Å². The molecule has 0 bridgehead atoms. The van der Waals surface area contributed by atoms with Crippen molar-refractivity contribution in [3.05, 3.63) is 59.5 Å². The van der Waals surface area contributed by atoms with Crippen LogP contribution in [0.15, 0.2) is 36.7 Å². The molecule has 4 aliphatic rings. The number of pyridine rings is 1. The Kier molecular flexibility index (Phi) is 13.1. The number of allylic oxidation sites excluding steroid dienone is 2. The number of aromatic nitrogens is 3. The van der Waals surface area contributed by atoms with E-state index < -0.39 is 0 Å². The van der Waals surface area contributed by atoms with Crippen LogP contribution in [-0.2, 0) is 19.4 Å². The third-order valence-corrected chi connectivity index (χ3v) is 10.3. The number of rotatable bonds is 6. The minimum Gasteiger partial charge on any atom is -0.331 e. The van der Waals surface area contributed by atoms with Gasteiger partial charge >= 0.3 is 0 Å². The SMILES string of the molecule is CC.CC1/C=C\CCc2nc(CN3CCC[C@H]4CCCc5cccnc5[C@H]43)cn2C1C.CCCCCC1CCCN1C. The van der Waals surface area contributed by atoms with E-state index in [1.807, 2.05) is 20.0 Å². The van der Waals surface area contributed by atoms with Crippen molar-refractivity contribution < 1.29 is 0 Å². The van der Waals surface area contributed by atoms with E-state index >= 15 is 0 Å². The van der Waals surface area contributed by atoms with E-state index in [0.717, 1.165) is 37.9 Å². The van der Waals surface area contributed by atoms with Crippen molar-refractivity contribution in [2.75, 3.05) is 20.1 Å². The summed E-state index contributed by atoms with van der Waals surface area (Å²) in [7, 11) is 2.27. The predicted molar refractivity (Wildman–Crippen MR) is 178 cm³/mol. The zero-order valence-electron chi connectivity index (χ0n) is 27.9. The summed E-state index contributed by atoms with van der Waals surface area (Å²) in [5, 5.41) is 0. The first-order chi connectivity index (χ1) is 20.5. The lowest BCUT2D eigenvalue weighted by atomic mass is 9.85. The van der Waals surface area contributed by atoms with Gasteiger partial charge in [-0.3, -0.25) is 9.88 Å². The summed E-state index contributed by atoms with van der Waals surface area (Å²) in [6, 6.07) is 6.26. The monoisotopic (exact) mass is 575 g/mol. The molecule has 0 amide bonds. The molecule has 0 spiro atoms. The maximum Gasteiger partial charge on any atom is 0.109 e. The quantitative estimate of drug-likeness (QED) is 0.254. The van der Waals surface area contributed by atoms with Gasteiger partial charge in [-0.1, -0.05) is 65.2 Å². The van der Waals surface area contributed by atoms with Crippen LogP contribution in [0.2, 0.25) is 0 Å². The molecule has 2 aromatic rings. The summed E-state index contributed by atoms with van der Waals surface area (Å²) in [5.41, 5.74) is 4.05. The Morgan fingerprint density at radius 1 is 0.976 bits per heavy atom. The predicted octanol–water partition coefficient (Wildman–Crippen LogP) is 8.95. The van der Waals surface area contributed by atoms with Gasteiger partial charge in [0.25, 0.3) is 0 Å². The molecule has 1 aliphatic carbocycles. The maximum atomic E-state index is 5.12. The average molecular weight is 576 g/mol. The van der Waals surface area contributed by atoms with Gasteiger partial charge in [0, 0.05) is 37.4 Å². The van der Waals surface area contributed by atoms with Crippen molar-refractivity contribution in [3.63, 3.8) is 0 Å². The molecular weight excluding hydrogens is 514 g/mol. The summed E-state index contributed by atoms with van der Waals surface area (Å²) in [5.74, 6) is 2.55. The van der Waals surface area contributed by atoms with Crippen LogP contribution >= 0.6 is 0 Å². The Morgan fingerprint density at radius 3 is 2.57 bits per heavy atom. The summed E-state index contributed by atoms with van der Waals surface area (Å²) in [4.78, 5) is 15.2. The number of likely N-dealkylation sites (tertiary alicyclic amines) is 2. The lowest BCUT2D eigenvalue weighted by Crippen LogP contribution is -2.38. The Bertz CT molecular complexity index is 1090. The van der Waals surface area contributed by atoms with Gasteiger partial charge < -0.3 is 9.47 Å². The van der Waals surface area contributed by atoms with Crippen LogP contribution in [0, 0.1) is 11.8 Å². The highest BCUT2D eigenvalue weighted by molar-refractivity contribution is 5.26. The molecule has 0 radical (unpaired) electrons. The van der Waals surface area contributed by atoms with Crippen molar-refractivity contribution >= 4 is 0 Å². The Morgan fingerprint density at radius 2 is 1.79 bits per heavy atom. The van der Waals surface area contributed by atoms with Crippen molar-refractivity contribution in [1.82, 2.24) is 24.3 Å². The van der Waals surface area contributed by atoms with Crippen molar-refractivity contribution in [2.24, 2.45) is 11.8 Å². The third kappa shape index (κ3) is 8.34. The number of hydrogen-bond donors (Lipinski definition) is 0. The molecule has 2 aromatic heterocycles. The topological polar surface area (TPSA) is 37.2 Å². The molecule has 3 unspecified atom stereocenters. The van der Waals surface area contributed by atoms with Crippen LogP contribution in [0.5, 0.6) is 0 Å². The van der Waals surface area contributed by atoms with Gasteiger partial charge in [-0.15, -0.1) is 0 Å². The zero-order chi connectivity index (χ0) is 29.9. The normalized spacial score (nSPS) is 28.4. The number of fused-ring (bicyclic) bond motifs is 4. The van der Waals surface area contributed by atoms with Crippen LogP contribution in [-0.4, -0.2) is 50.5 Å². The van der Waals surface area contributed by atoms with Crippen LogP contribution < -0.4 is 0 Å². The summed E-state index contributed by atoms with van der Waals surface area (Å²) < 4.78 is 2.45. The van der Waals surface area contributed by atoms with E-state index in [0.29, 0.717) is 18.0 Å². The Balaban J connectivity index is 0.000000263. The molecule has 3 aliphatic heterocycles. The van der Waals surface area contributed by atoms with Crippen LogP contribution in [0.1, 0.15) is 140 Å². The average Bonchev–Trinajstić information content (AvgIpc) is 3.55. The lowest BCUT2D eigenvalue weighted by Gasteiger charge is -2.40. The van der Waals surface area contributed by atoms with E-state index in [4.69, 9.17) is 9.97 Å². The molecule has 5 atom stereocenters. The fourth-order valence-electron chi connectivity index (χ4n) is 7.73. The van der Waals surface area contributed by atoms with Gasteiger partial charge in [-0.2, -0.15) is 0 Å². The first-order valence-electron chi connectivity index (χ1n) is 17.7. The molecule has 0 saturated carbocycles. The molecule has 234 valence electrons. The van der Waals surface area contributed by atoms with E-state index in [9.17, 15) is 0 Å². The van der Waals surface area contributed by atoms with Crippen LogP contribution in [0.25, 0.3) is 0 Å². The largest absolute Gasteiger partial charge is 0.331 e. The van der Waals surface area contributed by atoms with E-state index in [1.165, 1.54) is 99.9 Å². The maximum absolute atomic E-state index is 5.12. The van der Waals surface area contributed by atoms with Crippen LogP contribution in [0.3, 0.4) is 0 Å². The summed E-state index contributed by atoms with van der Waals surface area (Å²) >= 11 is 0. The van der Waals surface area contributed by atoms with Gasteiger partial charge in [-0.25, -0.2) is 4.98 Å². The Hall–Kier alpha value is -1.98. The van der Waals surface area contributed by atoms with E-state index in [-0.39, 0.29) is 0 Å². The molecule has 0 N–H and O–H groups in total. The highest BCUT2D eigenvalue weighted by Gasteiger charge is 2.36. The Labute approximate surface area is 258 Å². The van der Waals surface area contributed by atoms with Crippen molar-refractivity contribution in [1.29, 1.82) is 0 Å². The number of aryl methyl sites for hydroxylation is 2. The molecule has 0 aromatic carbocycles. The fourth-order valence-corrected chi connectivity index (χ4v) is 7.73. The molecule has 6 rings (SSSR count). The van der Waals surface area contributed by atoms with Gasteiger partial charge in [0.2, 0.25) is 0 Å². The standard InChI is InChI=1S/C25H34N4.C10H21N.C2H6/c1-18-8-3-4-13-23-27-22(17-29(23)19(18)2)16-28-15-7-12-21-10-5-9-20-11-6-14-26-24(20)25(21)28;1-3-4-5-7-10-8-6-9-11(10)2;1-2/h3,6,8,11,14,17-19,21,25H,4-5,7,9-10,12-13,15-16H2,1-2H3;10H,3-9H2,1-2H3;1-2H3/b8-3-;;/t18?,19?,21-,25+;;/m1../s1. The molecule has 2 fully saturated rings. The second kappa shape index (κ2) is 16.8. The summed E-state index contributed by atoms with van der Waals surface area (Å²) in [6.07, 6.45) is 26.2. The van der Waals surface area contributed by atoms with E-state index in [2.05, 4.69) is 72.7 Å². The highest BCUT2D eigenvalue weighted by atomic mass is 15.2. The molecular formula is C37H61N5. The highest BCUT2D eigenvalue weighted by Crippen LogP contribution is 2.42. The number of hydrogen-bond acceptors (Lipinski definition) is 4. The molecule has 2 saturated heterocycles. The number of nitrogens with zero attached hydrogens (tertiary/aromatic N) is 5. The number of piperidine rings is 1. The zero-order valence-corrected chi connectivity index (χ0v) is 27.9. The van der Waals surface area contributed by atoms with Gasteiger partial charge in [0.1, 0.15) is 5.82 Å². The molecule has 5 heterocycles. The molecule has 42 heavy (non-hydrogen) atoms. The number of imidazole rings is 1. The molecule has 5 heteroatoms. The van der Waals surface area contributed by atoms with Crippen molar-refractivity contribution in [2.45, 2.75) is 143 Å². The van der Waals surface area contributed by atoms with Gasteiger partial charge in [-0.05, 0) is 108 Å². The molecule has 5 nitrogen and oxygen atoms in total. The number of unbranched alkanes of at least 4 members (excludes halogenated alkanes) is 2. The first kappa shape index (κ1) is 32.9. The van der Waals surface area contributed by atoms with E-state index in [1.54, 1.807) is 0 Å². The first-order valence-corrected chi connectivity index (χ1v) is 17.7. The summed E-state index contributed by atoms with van der Waals surface area (Å²) in [6.45, 7) is 14.4. The third-order valence-electron chi connectivity index (χ3n) is 10.3. The fraction of sp³-hybridized carbons (Fsp3) is 0.730. The second-order valence-electron chi connectivity index (χ2n) is 13.2. The van der Waals surface area contributed by atoms with Gasteiger partial charge in [0.15, 0.2) is 0 Å². The van der Waals surface area contributed by atoms with Gasteiger partial charge in [0.05, 0.1) is 17.4 Å².